The van der Waals surface area contributed by atoms with Gasteiger partial charge in [0.15, 0.2) is 0 Å². The SMILES string of the molecule is Cc1ccc(NS(=O)(=O)c2cc(C(=O)Nc3cccc(Cl)c3)ccc2Cl)c(C)c1. The topological polar surface area (TPSA) is 75.3 Å². The summed E-state index contributed by atoms with van der Waals surface area (Å²) in [6.45, 7) is 3.73. The number of aryl methyl sites for hydroxylation is 2. The van der Waals surface area contributed by atoms with E-state index < -0.39 is 15.9 Å². The molecule has 3 rings (SSSR count). The van der Waals surface area contributed by atoms with Crippen molar-refractivity contribution in [2.45, 2.75) is 18.7 Å². The van der Waals surface area contributed by atoms with E-state index in [1.165, 1.54) is 18.2 Å². The summed E-state index contributed by atoms with van der Waals surface area (Å²) in [5, 5.41) is 3.17. The molecule has 150 valence electrons. The number of amides is 1. The fraction of sp³-hybridized carbons (Fsp3) is 0.0952. The van der Waals surface area contributed by atoms with Gasteiger partial charge in [-0.3, -0.25) is 9.52 Å². The molecule has 8 heteroatoms. The van der Waals surface area contributed by atoms with E-state index in [0.717, 1.165) is 11.1 Å². The van der Waals surface area contributed by atoms with Crippen molar-refractivity contribution in [3.63, 3.8) is 0 Å². The van der Waals surface area contributed by atoms with E-state index in [4.69, 9.17) is 23.2 Å². The third-order valence-corrected chi connectivity index (χ3v) is 6.27. The quantitative estimate of drug-likeness (QED) is 0.528. The van der Waals surface area contributed by atoms with Crippen LogP contribution in [0.3, 0.4) is 0 Å². The van der Waals surface area contributed by atoms with Gasteiger partial charge in [-0.25, -0.2) is 8.42 Å². The molecule has 3 aromatic carbocycles. The zero-order valence-corrected chi connectivity index (χ0v) is 18.0. The van der Waals surface area contributed by atoms with E-state index in [-0.39, 0.29) is 15.5 Å². The number of nitrogens with one attached hydrogen (secondary N) is 2. The van der Waals surface area contributed by atoms with Gasteiger partial charge >= 0.3 is 0 Å². The fourth-order valence-corrected chi connectivity index (χ4v) is 4.60. The van der Waals surface area contributed by atoms with Crippen LogP contribution in [0, 0.1) is 13.8 Å². The third kappa shape index (κ3) is 5.09. The highest BCUT2D eigenvalue weighted by atomic mass is 35.5. The Morgan fingerprint density at radius 3 is 2.38 bits per heavy atom. The summed E-state index contributed by atoms with van der Waals surface area (Å²) in [7, 11) is -4.00. The first-order valence-electron chi connectivity index (χ1n) is 8.62. The molecule has 0 saturated carbocycles. The van der Waals surface area contributed by atoms with Gasteiger partial charge in [0, 0.05) is 16.3 Å². The van der Waals surface area contributed by atoms with Crippen molar-refractivity contribution in [1.82, 2.24) is 0 Å². The predicted molar refractivity (Wildman–Crippen MR) is 118 cm³/mol. The Morgan fingerprint density at radius 1 is 0.931 bits per heavy atom. The number of anilines is 2. The Labute approximate surface area is 179 Å². The minimum absolute atomic E-state index is 0.0153. The van der Waals surface area contributed by atoms with E-state index in [1.807, 2.05) is 13.0 Å². The van der Waals surface area contributed by atoms with Crippen LogP contribution in [0.2, 0.25) is 10.0 Å². The zero-order valence-electron chi connectivity index (χ0n) is 15.7. The summed E-state index contributed by atoms with van der Waals surface area (Å²) in [5.41, 5.74) is 2.88. The van der Waals surface area contributed by atoms with Crippen LogP contribution in [0.25, 0.3) is 0 Å². The number of hydrogen-bond acceptors (Lipinski definition) is 3. The second-order valence-corrected chi connectivity index (χ2v) is 9.03. The standard InChI is InChI=1S/C21H18Cl2N2O3S/c1-13-6-9-19(14(2)10-13)25-29(27,28)20-11-15(7-8-18(20)23)21(26)24-17-5-3-4-16(22)12-17/h3-12,25H,1-2H3,(H,24,26). The van der Waals surface area contributed by atoms with E-state index in [2.05, 4.69) is 10.0 Å². The van der Waals surface area contributed by atoms with Crippen molar-refractivity contribution in [2.75, 3.05) is 10.0 Å². The molecule has 0 atom stereocenters. The number of hydrogen-bond donors (Lipinski definition) is 2. The van der Waals surface area contributed by atoms with Crippen molar-refractivity contribution in [2.24, 2.45) is 0 Å². The number of benzene rings is 3. The van der Waals surface area contributed by atoms with E-state index in [0.29, 0.717) is 16.4 Å². The van der Waals surface area contributed by atoms with E-state index in [1.54, 1.807) is 43.3 Å². The van der Waals surface area contributed by atoms with Crippen molar-refractivity contribution >= 4 is 50.5 Å². The average Bonchev–Trinajstić information content (AvgIpc) is 2.64. The van der Waals surface area contributed by atoms with Crippen LogP contribution < -0.4 is 10.0 Å². The lowest BCUT2D eigenvalue weighted by Crippen LogP contribution is -2.17. The van der Waals surface area contributed by atoms with Gasteiger partial charge in [0.2, 0.25) is 0 Å². The molecular formula is C21H18Cl2N2O3S. The van der Waals surface area contributed by atoms with Gasteiger partial charge in [-0.15, -0.1) is 0 Å². The number of carbonyl (C=O) groups excluding carboxylic acids is 1. The molecule has 0 aliphatic rings. The smallest absolute Gasteiger partial charge is 0.263 e. The highest BCUT2D eigenvalue weighted by Gasteiger charge is 2.21. The Kier molecular flexibility index (Phi) is 6.17. The summed E-state index contributed by atoms with van der Waals surface area (Å²) in [6, 6.07) is 16.1. The summed E-state index contributed by atoms with van der Waals surface area (Å²) in [5.74, 6) is -0.480. The van der Waals surface area contributed by atoms with Crippen molar-refractivity contribution in [1.29, 1.82) is 0 Å². The number of sulfonamides is 1. The van der Waals surface area contributed by atoms with Crippen LogP contribution in [0.4, 0.5) is 11.4 Å². The molecular weight excluding hydrogens is 431 g/mol. The molecule has 2 N–H and O–H groups in total. The first-order chi connectivity index (χ1) is 13.7. The van der Waals surface area contributed by atoms with E-state index >= 15 is 0 Å². The summed E-state index contributed by atoms with van der Waals surface area (Å²) < 4.78 is 28.3. The maximum Gasteiger partial charge on any atom is 0.263 e. The lowest BCUT2D eigenvalue weighted by molar-refractivity contribution is 0.102. The maximum atomic E-state index is 12.9. The summed E-state index contributed by atoms with van der Waals surface area (Å²) in [4.78, 5) is 12.4. The molecule has 0 aliphatic carbocycles. The minimum atomic E-state index is -4.00. The van der Waals surface area contributed by atoms with E-state index in [9.17, 15) is 13.2 Å². The second kappa shape index (κ2) is 8.45. The molecule has 0 aliphatic heterocycles. The monoisotopic (exact) mass is 448 g/mol. The molecule has 29 heavy (non-hydrogen) atoms. The highest BCUT2D eigenvalue weighted by molar-refractivity contribution is 7.92. The molecule has 3 aromatic rings. The van der Waals surface area contributed by atoms with Crippen LogP contribution in [0.15, 0.2) is 65.6 Å². The maximum absolute atomic E-state index is 12.9. The number of carbonyl (C=O) groups is 1. The van der Waals surface area contributed by atoms with Crippen LogP contribution >= 0.6 is 23.2 Å². The number of halogens is 2. The van der Waals surface area contributed by atoms with Gasteiger partial charge in [0.05, 0.1) is 10.7 Å². The molecule has 5 nitrogen and oxygen atoms in total. The zero-order chi connectivity index (χ0) is 21.2. The van der Waals surface area contributed by atoms with Crippen molar-refractivity contribution in [3.05, 3.63) is 87.4 Å². The first kappa shape index (κ1) is 21.2. The Hall–Kier alpha value is -2.54. The average molecular weight is 449 g/mol. The highest BCUT2D eigenvalue weighted by Crippen LogP contribution is 2.27. The van der Waals surface area contributed by atoms with Crippen LogP contribution in [0.1, 0.15) is 21.5 Å². The lowest BCUT2D eigenvalue weighted by atomic mass is 10.1. The van der Waals surface area contributed by atoms with Gasteiger partial charge in [-0.05, 0) is 61.9 Å². The number of rotatable bonds is 5. The van der Waals surface area contributed by atoms with Gasteiger partial charge in [-0.1, -0.05) is 47.0 Å². The molecule has 0 fully saturated rings. The Morgan fingerprint density at radius 2 is 1.69 bits per heavy atom. The van der Waals surface area contributed by atoms with Gasteiger partial charge < -0.3 is 5.32 Å². The third-order valence-electron chi connectivity index (χ3n) is 4.19. The summed E-state index contributed by atoms with van der Waals surface area (Å²) >= 11 is 12.1. The van der Waals surface area contributed by atoms with Gasteiger partial charge in [-0.2, -0.15) is 0 Å². The molecule has 0 spiro atoms. The van der Waals surface area contributed by atoms with Crippen LogP contribution in [-0.2, 0) is 10.0 Å². The van der Waals surface area contributed by atoms with Crippen LogP contribution in [-0.4, -0.2) is 14.3 Å². The normalized spacial score (nSPS) is 11.2. The first-order valence-corrected chi connectivity index (χ1v) is 10.9. The Balaban J connectivity index is 1.90. The molecule has 0 aromatic heterocycles. The van der Waals surface area contributed by atoms with Gasteiger partial charge in [0.1, 0.15) is 4.90 Å². The predicted octanol–water partition coefficient (Wildman–Crippen LogP) is 5.66. The summed E-state index contributed by atoms with van der Waals surface area (Å²) in [6.07, 6.45) is 0. The van der Waals surface area contributed by atoms with Crippen LogP contribution in [0.5, 0.6) is 0 Å². The lowest BCUT2D eigenvalue weighted by Gasteiger charge is -2.13. The fourth-order valence-electron chi connectivity index (χ4n) is 2.75. The largest absolute Gasteiger partial charge is 0.322 e. The molecule has 0 unspecified atom stereocenters. The Bertz CT molecular complexity index is 1190. The molecule has 1 amide bonds. The molecule has 0 heterocycles. The minimum Gasteiger partial charge on any atom is -0.322 e. The molecule has 0 radical (unpaired) electrons. The van der Waals surface area contributed by atoms with Crippen molar-refractivity contribution < 1.29 is 13.2 Å². The molecule has 0 saturated heterocycles. The molecule has 0 bridgehead atoms. The second-order valence-electron chi connectivity index (χ2n) is 6.53. The van der Waals surface area contributed by atoms with Crippen molar-refractivity contribution in [3.8, 4) is 0 Å². The van der Waals surface area contributed by atoms with Gasteiger partial charge in [0.25, 0.3) is 15.9 Å².